The van der Waals surface area contributed by atoms with Gasteiger partial charge in [0.2, 0.25) is 15.9 Å². The van der Waals surface area contributed by atoms with E-state index in [1.807, 2.05) is 6.07 Å². The Balaban J connectivity index is 1.40. The van der Waals surface area contributed by atoms with E-state index in [4.69, 9.17) is 0 Å². The highest BCUT2D eigenvalue weighted by molar-refractivity contribution is 7.89. The van der Waals surface area contributed by atoms with Gasteiger partial charge >= 0.3 is 0 Å². The first-order valence-electron chi connectivity index (χ1n) is 11.1. The Labute approximate surface area is 185 Å². The summed E-state index contributed by atoms with van der Waals surface area (Å²) in [5, 5.41) is 0. The van der Waals surface area contributed by atoms with Gasteiger partial charge in [0, 0.05) is 44.3 Å². The van der Waals surface area contributed by atoms with E-state index < -0.39 is 10.0 Å². The summed E-state index contributed by atoms with van der Waals surface area (Å²) in [5.41, 5.74) is 3.05. The summed E-state index contributed by atoms with van der Waals surface area (Å²) < 4.78 is 29.0. The van der Waals surface area contributed by atoms with Crippen molar-refractivity contribution >= 4 is 21.6 Å². The Morgan fingerprint density at radius 1 is 1.06 bits per heavy atom. The minimum Gasteiger partial charge on any atom is -0.312 e. The van der Waals surface area contributed by atoms with E-state index in [1.54, 1.807) is 30.0 Å². The smallest absolute Gasteiger partial charge is 0.240 e. The Hall–Kier alpha value is -2.22. The van der Waals surface area contributed by atoms with Crippen LogP contribution >= 0.6 is 0 Å². The SMILES string of the molecule is CC(=O)N1CCCc2cc(S(=O)(=O)NC3CCN(C(C)c4ccccc4)CC3)ccc21. The fraction of sp³-hybridized carbons (Fsp3) is 0.458. The molecule has 2 aliphatic heterocycles. The van der Waals surface area contributed by atoms with Gasteiger partial charge in [0.1, 0.15) is 0 Å². The molecule has 0 bridgehead atoms. The zero-order chi connectivity index (χ0) is 22.0. The molecule has 1 unspecified atom stereocenters. The highest BCUT2D eigenvalue weighted by Gasteiger charge is 2.28. The largest absolute Gasteiger partial charge is 0.312 e. The quantitative estimate of drug-likeness (QED) is 0.771. The zero-order valence-corrected chi connectivity index (χ0v) is 19.1. The number of hydrogen-bond donors (Lipinski definition) is 1. The summed E-state index contributed by atoms with van der Waals surface area (Å²) in [6, 6.07) is 15.8. The topological polar surface area (TPSA) is 69.7 Å². The minimum absolute atomic E-state index is 0.00817. The molecule has 1 atom stereocenters. The maximum absolute atomic E-state index is 13.0. The molecular weight excluding hydrogens is 410 g/mol. The van der Waals surface area contributed by atoms with Crippen LogP contribution in [0.4, 0.5) is 5.69 Å². The van der Waals surface area contributed by atoms with Gasteiger partial charge in [-0.3, -0.25) is 9.69 Å². The van der Waals surface area contributed by atoms with Gasteiger partial charge in [0.15, 0.2) is 0 Å². The van der Waals surface area contributed by atoms with Crippen LogP contribution in [0.3, 0.4) is 0 Å². The van der Waals surface area contributed by atoms with Gasteiger partial charge in [-0.15, -0.1) is 0 Å². The number of carbonyl (C=O) groups excluding carboxylic acids is 1. The van der Waals surface area contributed by atoms with E-state index in [9.17, 15) is 13.2 Å². The highest BCUT2D eigenvalue weighted by Crippen LogP contribution is 2.30. The number of fused-ring (bicyclic) bond motifs is 1. The summed E-state index contributed by atoms with van der Waals surface area (Å²) in [4.78, 5) is 16.3. The first kappa shape index (κ1) is 22.0. The predicted octanol–water partition coefficient (Wildman–Crippen LogP) is 3.49. The van der Waals surface area contributed by atoms with Crippen molar-refractivity contribution < 1.29 is 13.2 Å². The van der Waals surface area contributed by atoms with Crippen LogP contribution < -0.4 is 9.62 Å². The van der Waals surface area contributed by atoms with E-state index in [2.05, 4.69) is 40.8 Å². The van der Waals surface area contributed by atoms with Crippen molar-refractivity contribution in [2.45, 2.75) is 56.5 Å². The Morgan fingerprint density at radius 3 is 2.45 bits per heavy atom. The molecule has 1 saturated heterocycles. The van der Waals surface area contributed by atoms with E-state index >= 15 is 0 Å². The second kappa shape index (κ2) is 9.10. The van der Waals surface area contributed by atoms with Crippen LogP contribution in [0.5, 0.6) is 0 Å². The lowest BCUT2D eigenvalue weighted by atomic mass is 10.0. The number of nitrogens with zero attached hydrogens (tertiary/aromatic N) is 2. The lowest BCUT2D eigenvalue weighted by molar-refractivity contribution is -0.116. The molecule has 0 aromatic heterocycles. The average molecular weight is 442 g/mol. The van der Waals surface area contributed by atoms with Gasteiger partial charge in [-0.2, -0.15) is 0 Å². The first-order valence-corrected chi connectivity index (χ1v) is 12.6. The van der Waals surface area contributed by atoms with Crippen LogP contribution in [0, 0.1) is 0 Å². The van der Waals surface area contributed by atoms with Crippen LogP contribution in [-0.4, -0.2) is 44.9 Å². The normalized spacial score (nSPS) is 19.1. The molecule has 0 spiro atoms. The molecule has 0 saturated carbocycles. The van der Waals surface area contributed by atoms with Crippen molar-refractivity contribution in [3.63, 3.8) is 0 Å². The summed E-state index contributed by atoms with van der Waals surface area (Å²) in [6.07, 6.45) is 3.22. The van der Waals surface area contributed by atoms with Gasteiger partial charge < -0.3 is 4.90 Å². The predicted molar refractivity (Wildman–Crippen MR) is 123 cm³/mol. The van der Waals surface area contributed by atoms with Crippen LogP contribution in [0.2, 0.25) is 0 Å². The van der Waals surface area contributed by atoms with Crippen LogP contribution in [0.25, 0.3) is 0 Å². The lowest BCUT2D eigenvalue weighted by Crippen LogP contribution is -2.45. The number of anilines is 1. The van der Waals surface area contributed by atoms with Gasteiger partial charge in [0.25, 0.3) is 0 Å². The number of rotatable bonds is 5. The molecule has 2 aliphatic rings. The fourth-order valence-corrected chi connectivity index (χ4v) is 6.06. The van der Waals surface area contributed by atoms with Gasteiger partial charge in [-0.05, 0) is 61.9 Å². The third-order valence-corrected chi connectivity index (χ3v) is 8.06. The fourth-order valence-electron chi connectivity index (χ4n) is 4.70. The van der Waals surface area contributed by atoms with Gasteiger partial charge in [0.05, 0.1) is 4.90 Å². The first-order chi connectivity index (χ1) is 14.8. The van der Waals surface area contributed by atoms with Crippen molar-refractivity contribution in [2.75, 3.05) is 24.5 Å². The van der Waals surface area contributed by atoms with Crippen molar-refractivity contribution in [2.24, 2.45) is 0 Å². The van der Waals surface area contributed by atoms with E-state index in [0.717, 1.165) is 50.0 Å². The number of benzene rings is 2. The molecule has 2 aromatic rings. The third-order valence-electron chi connectivity index (χ3n) is 6.54. The summed E-state index contributed by atoms with van der Waals surface area (Å²) in [6.45, 7) is 6.16. The monoisotopic (exact) mass is 441 g/mol. The van der Waals surface area contributed by atoms with E-state index in [-0.39, 0.29) is 16.8 Å². The molecule has 7 heteroatoms. The number of aryl methyl sites for hydroxylation is 1. The number of carbonyl (C=O) groups is 1. The molecule has 2 heterocycles. The highest BCUT2D eigenvalue weighted by atomic mass is 32.2. The van der Waals surface area contributed by atoms with E-state index in [0.29, 0.717) is 12.6 Å². The molecule has 31 heavy (non-hydrogen) atoms. The summed E-state index contributed by atoms with van der Waals surface area (Å²) >= 11 is 0. The Bertz CT molecular complexity index is 1030. The van der Waals surface area contributed by atoms with Crippen LogP contribution in [-0.2, 0) is 21.2 Å². The second-order valence-electron chi connectivity index (χ2n) is 8.58. The Kier molecular flexibility index (Phi) is 6.46. The molecule has 4 rings (SSSR count). The van der Waals surface area contributed by atoms with Crippen LogP contribution in [0.15, 0.2) is 53.4 Å². The molecular formula is C24H31N3O3S. The van der Waals surface area contributed by atoms with Crippen LogP contribution in [0.1, 0.15) is 50.3 Å². The molecule has 2 aromatic carbocycles. The maximum Gasteiger partial charge on any atom is 0.240 e. The molecule has 166 valence electrons. The minimum atomic E-state index is -3.59. The number of sulfonamides is 1. The van der Waals surface area contributed by atoms with E-state index in [1.165, 1.54) is 5.56 Å². The lowest BCUT2D eigenvalue weighted by Gasteiger charge is -2.36. The number of amides is 1. The van der Waals surface area contributed by atoms with Crippen molar-refractivity contribution in [1.29, 1.82) is 0 Å². The molecule has 6 nitrogen and oxygen atoms in total. The van der Waals surface area contributed by atoms with Gasteiger partial charge in [-0.1, -0.05) is 30.3 Å². The maximum atomic E-state index is 13.0. The third kappa shape index (κ3) is 4.84. The van der Waals surface area contributed by atoms with Crippen molar-refractivity contribution in [1.82, 2.24) is 9.62 Å². The van der Waals surface area contributed by atoms with Crippen molar-refractivity contribution in [3.8, 4) is 0 Å². The molecule has 1 N–H and O–H groups in total. The summed E-state index contributed by atoms with van der Waals surface area (Å²) in [5.74, 6) is -0.00817. The number of hydrogen-bond acceptors (Lipinski definition) is 4. The molecule has 1 fully saturated rings. The Morgan fingerprint density at radius 2 is 1.77 bits per heavy atom. The standard InChI is InChI=1S/C24H31N3O3S/c1-18(20-7-4-3-5-8-20)26-15-12-22(13-16-26)25-31(29,30)23-10-11-24-21(17-23)9-6-14-27(24)19(2)28/h3-5,7-8,10-11,17-18,22,25H,6,9,12-16H2,1-2H3. The average Bonchev–Trinajstić information content (AvgIpc) is 2.78. The van der Waals surface area contributed by atoms with Gasteiger partial charge in [-0.25, -0.2) is 13.1 Å². The molecule has 0 radical (unpaired) electrons. The summed E-state index contributed by atoms with van der Waals surface area (Å²) in [7, 11) is -3.59. The number of likely N-dealkylation sites (tertiary alicyclic amines) is 1. The number of nitrogens with one attached hydrogen (secondary N) is 1. The molecule has 0 aliphatic carbocycles. The second-order valence-corrected chi connectivity index (χ2v) is 10.3. The molecule has 1 amide bonds. The van der Waals surface area contributed by atoms with Crippen molar-refractivity contribution in [3.05, 3.63) is 59.7 Å². The number of piperidine rings is 1. The zero-order valence-electron chi connectivity index (χ0n) is 18.3.